The number of benzene rings is 3. The number of halogens is 3. The molecule has 214 valence electrons. The molecule has 6 rings (SSSR count). The van der Waals surface area contributed by atoms with Crippen molar-refractivity contribution in [1.82, 2.24) is 14.8 Å². The summed E-state index contributed by atoms with van der Waals surface area (Å²) >= 11 is 1.13. The van der Waals surface area contributed by atoms with Gasteiger partial charge in [-0.15, -0.1) is 11.3 Å². The first kappa shape index (κ1) is 28.0. The molecule has 0 saturated heterocycles. The predicted molar refractivity (Wildman–Crippen MR) is 153 cm³/mol. The Labute approximate surface area is 245 Å². The molecule has 1 aliphatic carbocycles. The number of aromatic carboxylic acids is 1. The molecule has 0 bridgehead atoms. The summed E-state index contributed by atoms with van der Waals surface area (Å²) in [6.45, 7) is 0. The summed E-state index contributed by atoms with van der Waals surface area (Å²) in [6, 6.07) is 14.4. The van der Waals surface area contributed by atoms with Crippen molar-refractivity contribution in [2.75, 3.05) is 0 Å². The summed E-state index contributed by atoms with van der Waals surface area (Å²) in [5, 5.41) is 21.5. The van der Waals surface area contributed by atoms with Crippen LogP contribution >= 0.6 is 11.3 Å². The predicted octanol–water partition coefficient (Wildman–Crippen LogP) is 6.30. The first-order chi connectivity index (χ1) is 20.2. The minimum absolute atomic E-state index is 0.116. The number of rotatable bonds is 9. The van der Waals surface area contributed by atoms with Gasteiger partial charge in [0.2, 0.25) is 5.13 Å². The van der Waals surface area contributed by atoms with E-state index in [4.69, 9.17) is 10.2 Å². The van der Waals surface area contributed by atoms with E-state index in [1.165, 1.54) is 41.8 Å². The molecule has 1 aliphatic rings. The number of nitrogens with zero attached hydrogens (tertiary/aromatic N) is 3. The molecule has 1 fully saturated rings. The smallest absolute Gasteiger partial charge is 0.355 e. The Kier molecular flexibility index (Phi) is 7.52. The van der Waals surface area contributed by atoms with Crippen molar-refractivity contribution in [2.45, 2.75) is 30.6 Å². The average molecular weight is 609 g/mol. The van der Waals surface area contributed by atoms with Crippen LogP contribution in [0.2, 0.25) is 0 Å². The second kappa shape index (κ2) is 11.3. The molecule has 1 unspecified atom stereocenters. The van der Waals surface area contributed by atoms with Gasteiger partial charge in [-0.1, -0.05) is 18.2 Å². The second-order valence-corrected chi connectivity index (χ2v) is 12.0. The van der Waals surface area contributed by atoms with Gasteiger partial charge in [0.15, 0.2) is 5.69 Å². The summed E-state index contributed by atoms with van der Waals surface area (Å²) in [4.78, 5) is 15.7. The molecule has 12 heteroatoms. The van der Waals surface area contributed by atoms with Crippen LogP contribution in [0, 0.1) is 23.4 Å². The highest BCUT2D eigenvalue weighted by Crippen LogP contribution is 2.39. The van der Waals surface area contributed by atoms with E-state index in [9.17, 15) is 22.9 Å². The van der Waals surface area contributed by atoms with Gasteiger partial charge in [0.05, 0.1) is 16.3 Å². The zero-order valence-corrected chi connectivity index (χ0v) is 23.5. The summed E-state index contributed by atoms with van der Waals surface area (Å²) in [5.74, 6) is -2.52. The highest BCUT2D eigenvalue weighted by molar-refractivity contribution is 7.82. The van der Waals surface area contributed by atoms with Crippen molar-refractivity contribution in [3.8, 4) is 27.5 Å². The van der Waals surface area contributed by atoms with Crippen LogP contribution in [0.4, 0.5) is 13.2 Å². The van der Waals surface area contributed by atoms with Gasteiger partial charge in [-0.3, -0.25) is 0 Å². The first-order valence-electron chi connectivity index (χ1n) is 13.0. The highest BCUT2D eigenvalue weighted by Gasteiger charge is 2.29. The van der Waals surface area contributed by atoms with E-state index in [-0.39, 0.29) is 22.6 Å². The number of carboxylic acids is 1. The highest BCUT2D eigenvalue weighted by atomic mass is 32.2. The van der Waals surface area contributed by atoms with Gasteiger partial charge in [0.1, 0.15) is 28.4 Å². The summed E-state index contributed by atoms with van der Waals surface area (Å²) in [5.41, 5.74) is 3.51. The van der Waals surface area contributed by atoms with E-state index < -0.39 is 34.4 Å². The maximum atomic E-state index is 15.0. The fourth-order valence-electron chi connectivity index (χ4n) is 4.90. The third-order valence-electron chi connectivity index (χ3n) is 7.13. The molecule has 1 saturated carbocycles. The van der Waals surface area contributed by atoms with Crippen LogP contribution in [0.3, 0.4) is 0 Å². The van der Waals surface area contributed by atoms with Crippen LogP contribution in [0.15, 0.2) is 70.9 Å². The van der Waals surface area contributed by atoms with E-state index in [0.717, 1.165) is 35.4 Å². The molecule has 2 heterocycles. The van der Waals surface area contributed by atoms with Crippen LogP contribution in [0.25, 0.3) is 27.5 Å². The SMILES string of the molecule is NS(=O)c1ccc(Cc2c(-c3ccc(F)c(-c4cccc(F)c4)c3)nn(-c3nc(C(=O)O)cs3)c2CC2CC2)cc1F. The lowest BCUT2D eigenvalue weighted by Gasteiger charge is -2.11. The second-order valence-electron chi connectivity index (χ2n) is 10.1. The molecule has 3 aromatic carbocycles. The molecule has 3 N–H and O–H groups in total. The van der Waals surface area contributed by atoms with Gasteiger partial charge >= 0.3 is 5.97 Å². The number of hydrogen-bond donors (Lipinski definition) is 2. The molecule has 7 nitrogen and oxygen atoms in total. The van der Waals surface area contributed by atoms with Crippen LogP contribution in [0.1, 0.15) is 40.2 Å². The van der Waals surface area contributed by atoms with Crippen LogP contribution in [0.5, 0.6) is 0 Å². The Hall–Kier alpha value is -4.13. The van der Waals surface area contributed by atoms with Crippen molar-refractivity contribution in [3.05, 3.63) is 106 Å². The molecule has 0 spiro atoms. The van der Waals surface area contributed by atoms with Crippen molar-refractivity contribution >= 4 is 28.3 Å². The number of nitrogens with two attached hydrogens (primary N) is 1. The molecule has 42 heavy (non-hydrogen) atoms. The van der Waals surface area contributed by atoms with Crippen LogP contribution < -0.4 is 5.14 Å². The maximum absolute atomic E-state index is 15.0. The molecule has 0 amide bonds. The van der Waals surface area contributed by atoms with Gasteiger partial charge in [-0.05, 0) is 78.8 Å². The summed E-state index contributed by atoms with van der Waals surface area (Å²) in [6.07, 6.45) is 2.87. The normalized spacial score (nSPS) is 13.8. The Morgan fingerprint density at radius 1 is 1.05 bits per heavy atom. The van der Waals surface area contributed by atoms with E-state index in [0.29, 0.717) is 39.9 Å². The van der Waals surface area contributed by atoms with Crippen molar-refractivity contribution < 1.29 is 27.3 Å². The van der Waals surface area contributed by atoms with Crippen molar-refractivity contribution in [2.24, 2.45) is 11.1 Å². The van der Waals surface area contributed by atoms with Gasteiger partial charge < -0.3 is 5.11 Å². The standard InChI is InChI=1S/C30H23F3N4O3S2/c31-20-3-1-2-18(13-20)21-14-19(7-8-23(21)32)28-22(10-17-6-9-27(42(34)40)24(33)11-17)26(12-16-4-5-16)37(36-28)30-35-25(15-41-30)29(38)39/h1-3,6-9,11,13-16H,4-5,10,12,34H2,(H,38,39). The van der Waals surface area contributed by atoms with Crippen molar-refractivity contribution in [1.29, 1.82) is 0 Å². The van der Waals surface area contributed by atoms with Gasteiger partial charge in [0.25, 0.3) is 0 Å². The average Bonchev–Trinajstić information content (AvgIpc) is 3.51. The third-order valence-corrected chi connectivity index (χ3v) is 8.71. The Morgan fingerprint density at radius 3 is 2.52 bits per heavy atom. The first-order valence-corrected chi connectivity index (χ1v) is 15.1. The number of carboxylic acid groups (broad SMARTS) is 1. The minimum Gasteiger partial charge on any atom is -0.476 e. The molecular weight excluding hydrogens is 585 g/mol. The van der Waals surface area contributed by atoms with E-state index in [1.54, 1.807) is 28.9 Å². The number of hydrogen-bond acceptors (Lipinski definition) is 5. The largest absolute Gasteiger partial charge is 0.476 e. The Morgan fingerprint density at radius 2 is 1.86 bits per heavy atom. The van der Waals surface area contributed by atoms with E-state index >= 15 is 4.39 Å². The van der Waals surface area contributed by atoms with Gasteiger partial charge in [0, 0.05) is 28.5 Å². The molecule has 1 atom stereocenters. The van der Waals surface area contributed by atoms with Crippen molar-refractivity contribution in [3.63, 3.8) is 0 Å². The topological polar surface area (TPSA) is 111 Å². The lowest BCUT2D eigenvalue weighted by Crippen LogP contribution is -2.07. The maximum Gasteiger partial charge on any atom is 0.355 e. The zero-order chi connectivity index (χ0) is 29.5. The zero-order valence-electron chi connectivity index (χ0n) is 21.9. The summed E-state index contributed by atoms with van der Waals surface area (Å²) < 4.78 is 57.1. The number of aromatic nitrogens is 3. The van der Waals surface area contributed by atoms with Crippen LogP contribution in [-0.2, 0) is 23.8 Å². The lowest BCUT2D eigenvalue weighted by molar-refractivity contribution is 0.0691. The molecule has 0 aliphatic heterocycles. The Balaban J connectivity index is 1.54. The molecular formula is C30H23F3N4O3S2. The van der Waals surface area contributed by atoms with E-state index in [1.807, 2.05) is 0 Å². The molecule has 0 radical (unpaired) electrons. The molecule has 2 aromatic heterocycles. The van der Waals surface area contributed by atoms with Gasteiger partial charge in [-0.25, -0.2) is 37.0 Å². The van der Waals surface area contributed by atoms with E-state index in [2.05, 4.69) is 4.98 Å². The fourth-order valence-corrected chi connectivity index (χ4v) is 6.12. The number of carbonyl (C=O) groups is 1. The fraction of sp³-hybridized carbons (Fsp3) is 0.167. The summed E-state index contributed by atoms with van der Waals surface area (Å²) in [7, 11) is -1.99. The Bertz CT molecular complexity index is 1870. The minimum atomic E-state index is -1.99. The monoisotopic (exact) mass is 608 g/mol. The molecule has 5 aromatic rings. The lowest BCUT2D eigenvalue weighted by atomic mass is 9.95. The quantitative estimate of drug-likeness (QED) is 0.204. The number of thiazole rings is 1. The third kappa shape index (κ3) is 5.65. The van der Waals surface area contributed by atoms with Crippen LogP contribution in [-0.4, -0.2) is 30.0 Å². The van der Waals surface area contributed by atoms with Gasteiger partial charge in [-0.2, -0.15) is 5.10 Å².